The van der Waals surface area contributed by atoms with Crippen LogP contribution in [0.15, 0.2) is 4.99 Å². The van der Waals surface area contributed by atoms with Crippen LogP contribution in [-0.2, 0) is 4.74 Å². The fourth-order valence-electron chi connectivity index (χ4n) is 1.52. The Balaban J connectivity index is 3.75. The zero-order chi connectivity index (χ0) is 14.3. The Morgan fingerprint density at radius 1 is 1.16 bits per heavy atom. The van der Waals surface area contributed by atoms with E-state index >= 15 is 0 Å². The topological polar surface area (TPSA) is 48.9 Å². The van der Waals surface area contributed by atoms with E-state index in [-0.39, 0.29) is 0 Å². The van der Waals surface area contributed by atoms with Gasteiger partial charge in [-0.3, -0.25) is 4.99 Å². The molecule has 19 heavy (non-hydrogen) atoms. The predicted octanol–water partition coefficient (Wildman–Crippen LogP) is 1.31. The number of nitrogens with zero attached hydrogens (tertiary/aromatic N) is 2. The predicted molar refractivity (Wildman–Crippen MR) is 82.9 cm³/mol. The van der Waals surface area contributed by atoms with E-state index in [2.05, 4.69) is 41.4 Å². The molecule has 0 atom stereocenters. The zero-order valence-corrected chi connectivity index (χ0v) is 13.2. The summed E-state index contributed by atoms with van der Waals surface area (Å²) in [6, 6.07) is 0. The van der Waals surface area contributed by atoms with Crippen LogP contribution in [0.1, 0.15) is 33.6 Å². The van der Waals surface area contributed by atoms with E-state index in [1.165, 1.54) is 0 Å². The molecule has 0 fully saturated rings. The minimum Gasteiger partial charge on any atom is -0.382 e. The maximum atomic E-state index is 5.31. The average molecular weight is 272 g/mol. The minimum absolute atomic E-state index is 0.804. The SMILES string of the molecule is CCNC(=NCCCCOCC)NCCN(C)CC. The van der Waals surface area contributed by atoms with Gasteiger partial charge in [-0.2, -0.15) is 0 Å². The van der Waals surface area contributed by atoms with Gasteiger partial charge >= 0.3 is 0 Å². The Hall–Kier alpha value is -0.810. The summed E-state index contributed by atoms with van der Waals surface area (Å²) in [5.74, 6) is 0.920. The number of unbranched alkanes of at least 4 members (excludes halogenated alkanes) is 1. The second-order valence-electron chi connectivity index (χ2n) is 4.49. The Labute approximate surface area is 118 Å². The van der Waals surface area contributed by atoms with Crippen LogP contribution in [0.2, 0.25) is 0 Å². The van der Waals surface area contributed by atoms with E-state index in [1.54, 1.807) is 0 Å². The van der Waals surface area contributed by atoms with Crippen molar-refractivity contribution in [1.82, 2.24) is 15.5 Å². The van der Waals surface area contributed by atoms with Gasteiger partial charge in [0.15, 0.2) is 5.96 Å². The molecule has 0 aromatic heterocycles. The van der Waals surface area contributed by atoms with Crippen molar-refractivity contribution in [3.05, 3.63) is 0 Å². The van der Waals surface area contributed by atoms with Crippen molar-refractivity contribution in [3.63, 3.8) is 0 Å². The molecule has 0 amide bonds. The van der Waals surface area contributed by atoms with E-state index in [1.807, 2.05) is 6.92 Å². The first-order valence-corrected chi connectivity index (χ1v) is 7.53. The van der Waals surface area contributed by atoms with Crippen LogP contribution in [0.5, 0.6) is 0 Å². The summed E-state index contributed by atoms with van der Waals surface area (Å²) < 4.78 is 5.31. The number of likely N-dealkylation sites (N-methyl/N-ethyl adjacent to an activating group) is 1. The minimum atomic E-state index is 0.804. The lowest BCUT2D eigenvalue weighted by atomic mass is 10.3. The molecule has 0 radical (unpaired) electrons. The Morgan fingerprint density at radius 2 is 1.95 bits per heavy atom. The van der Waals surface area contributed by atoms with Crippen molar-refractivity contribution < 1.29 is 4.74 Å². The molecule has 0 spiro atoms. The van der Waals surface area contributed by atoms with Crippen molar-refractivity contribution in [2.24, 2.45) is 4.99 Å². The van der Waals surface area contributed by atoms with Gasteiger partial charge in [-0.25, -0.2) is 0 Å². The lowest BCUT2D eigenvalue weighted by molar-refractivity contribution is 0.144. The molecule has 0 aliphatic rings. The summed E-state index contributed by atoms with van der Waals surface area (Å²) >= 11 is 0. The molecule has 0 unspecified atom stereocenters. The molecule has 0 saturated heterocycles. The third-order valence-electron chi connectivity index (χ3n) is 2.84. The second-order valence-corrected chi connectivity index (χ2v) is 4.49. The number of rotatable bonds is 11. The van der Waals surface area contributed by atoms with Crippen LogP contribution in [0.4, 0.5) is 0 Å². The van der Waals surface area contributed by atoms with Crippen molar-refractivity contribution in [3.8, 4) is 0 Å². The molecule has 0 saturated carbocycles. The third-order valence-corrected chi connectivity index (χ3v) is 2.84. The van der Waals surface area contributed by atoms with Crippen LogP contribution in [0.25, 0.3) is 0 Å². The van der Waals surface area contributed by atoms with Crippen LogP contribution < -0.4 is 10.6 Å². The maximum Gasteiger partial charge on any atom is 0.191 e. The molecule has 0 aromatic rings. The number of guanidine groups is 1. The molecule has 0 rings (SSSR count). The third kappa shape index (κ3) is 12.0. The van der Waals surface area contributed by atoms with Gasteiger partial charge in [-0.1, -0.05) is 6.92 Å². The molecule has 0 aliphatic heterocycles. The highest BCUT2D eigenvalue weighted by atomic mass is 16.5. The maximum absolute atomic E-state index is 5.31. The summed E-state index contributed by atoms with van der Waals surface area (Å²) in [6.45, 7) is 12.7. The Bertz CT molecular complexity index is 221. The van der Waals surface area contributed by atoms with E-state index in [0.717, 1.165) is 64.7 Å². The highest BCUT2D eigenvalue weighted by molar-refractivity contribution is 5.79. The number of hydrogen-bond donors (Lipinski definition) is 2. The molecule has 5 nitrogen and oxygen atoms in total. The summed E-state index contributed by atoms with van der Waals surface area (Å²) in [7, 11) is 2.12. The molecule has 0 aliphatic carbocycles. The summed E-state index contributed by atoms with van der Waals surface area (Å²) in [4.78, 5) is 6.83. The number of aliphatic imine (C=N–C) groups is 1. The highest BCUT2D eigenvalue weighted by Gasteiger charge is 1.98. The normalized spacial score (nSPS) is 11.9. The van der Waals surface area contributed by atoms with Crippen molar-refractivity contribution >= 4 is 5.96 Å². The van der Waals surface area contributed by atoms with Gasteiger partial charge in [0.1, 0.15) is 0 Å². The standard InChI is InChI=1S/C14H32N4O/c1-5-15-14(17-11-12-18(4)6-2)16-10-8-9-13-19-7-3/h5-13H2,1-4H3,(H2,15,16,17). The summed E-state index contributed by atoms with van der Waals surface area (Å²) in [5, 5.41) is 6.62. The van der Waals surface area contributed by atoms with E-state index in [0.29, 0.717) is 0 Å². The number of hydrogen-bond acceptors (Lipinski definition) is 3. The first-order valence-electron chi connectivity index (χ1n) is 7.53. The van der Waals surface area contributed by atoms with Crippen LogP contribution in [0.3, 0.4) is 0 Å². The number of ether oxygens (including phenoxy) is 1. The molecule has 5 heteroatoms. The van der Waals surface area contributed by atoms with E-state index < -0.39 is 0 Å². The molecule has 2 N–H and O–H groups in total. The highest BCUT2D eigenvalue weighted by Crippen LogP contribution is 1.91. The van der Waals surface area contributed by atoms with Crippen LogP contribution in [0, 0.1) is 0 Å². The first-order chi connectivity index (χ1) is 9.24. The zero-order valence-electron chi connectivity index (χ0n) is 13.2. The van der Waals surface area contributed by atoms with Gasteiger partial charge in [0.2, 0.25) is 0 Å². The molecular weight excluding hydrogens is 240 g/mol. The van der Waals surface area contributed by atoms with Gasteiger partial charge in [0.25, 0.3) is 0 Å². The molecule has 0 aromatic carbocycles. The van der Waals surface area contributed by atoms with Crippen molar-refractivity contribution in [1.29, 1.82) is 0 Å². The van der Waals surface area contributed by atoms with E-state index in [9.17, 15) is 0 Å². The van der Waals surface area contributed by atoms with Gasteiger partial charge in [-0.15, -0.1) is 0 Å². The average Bonchev–Trinajstić information content (AvgIpc) is 2.42. The van der Waals surface area contributed by atoms with Crippen molar-refractivity contribution in [2.45, 2.75) is 33.6 Å². The van der Waals surface area contributed by atoms with Gasteiger partial charge < -0.3 is 20.3 Å². The van der Waals surface area contributed by atoms with Crippen LogP contribution >= 0.6 is 0 Å². The fourth-order valence-corrected chi connectivity index (χ4v) is 1.52. The monoisotopic (exact) mass is 272 g/mol. The molecule has 114 valence electrons. The molecule has 0 bridgehead atoms. The van der Waals surface area contributed by atoms with Gasteiger partial charge in [0.05, 0.1) is 0 Å². The molecule has 0 heterocycles. The quantitative estimate of drug-likeness (QED) is 0.338. The van der Waals surface area contributed by atoms with Crippen molar-refractivity contribution in [2.75, 3.05) is 53.0 Å². The largest absolute Gasteiger partial charge is 0.382 e. The van der Waals surface area contributed by atoms with Gasteiger partial charge in [0, 0.05) is 39.4 Å². The van der Waals surface area contributed by atoms with Gasteiger partial charge in [-0.05, 0) is 40.3 Å². The van der Waals surface area contributed by atoms with Crippen LogP contribution in [-0.4, -0.2) is 63.8 Å². The van der Waals surface area contributed by atoms with E-state index in [4.69, 9.17) is 4.74 Å². The lowest BCUT2D eigenvalue weighted by Gasteiger charge is -2.16. The summed E-state index contributed by atoms with van der Waals surface area (Å²) in [6.07, 6.45) is 2.15. The molecular formula is C14H32N4O. The Morgan fingerprint density at radius 3 is 2.58 bits per heavy atom. The fraction of sp³-hybridized carbons (Fsp3) is 0.929. The first kappa shape index (κ1) is 18.2. The second kappa shape index (κ2) is 13.6. The summed E-state index contributed by atoms with van der Waals surface area (Å²) in [5.41, 5.74) is 0. The number of nitrogens with one attached hydrogen (secondary N) is 2. The Kier molecular flexibility index (Phi) is 13.0. The lowest BCUT2D eigenvalue weighted by Crippen LogP contribution is -2.41. The smallest absolute Gasteiger partial charge is 0.191 e.